The van der Waals surface area contributed by atoms with Crippen LogP contribution in [0.4, 0.5) is 0 Å². The fourth-order valence-corrected chi connectivity index (χ4v) is 3.86. The molecule has 2 N–H and O–H groups in total. The summed E-state index contributed by atoms with van der Waals surface area (Å²) in [5, 5.41) is 14.3. The first kappa shape index (κ1) is 15.1. The molecular formula is C17H24ClNO2. The minimum Gasteiger partial charge on any atom is -0.491 e. The zero-order valence-corrected chi connectivity index (χ0v) is 13.3. The zero-order valence-electron chi connectivity index (χ0n) is 12.5. The van der Waals surface area contributed by atoms with Gasteiger partial charge in [0.2, 0.25) is 0 Å². The average Bonchev–Trinajstić information content (AvgIpc) is 3.09. The van der Waals surface area contributed by atoms with E-state index in [0.29, 0.717) is 19.2 Å². The lowest BCUT2D eigenvalue weighted by Crippen LogP contribution is -2.40. The number of hydrogen-bond donors (Lipinski definition) is 2. The van der Waals surface area contributed by atoms with Gasteiger partial charge in [0.15, 0.2) is 0 Å². The van der Waals surface area contributed by atoms with Crippen LogP contribution in [-0.4, -0.2) is 30.4 Å². The summed E-state index contributed by atoms with van der Waals surface area (Å²) in [5.74, 6) is 2.52. The molecule has 1 aromatic rings. The highest BCUT2D eigenvalue weighted by molar-refractivity contribution is 6.31. The Kier molecular flexibility index (Phi) is 4.72. The van der Waals surface area contributed by atoms with Gasteiger partial charge in [-0.05, 0) is 61.8 Å². The van der Waals surface area contributed by atoms with Gasteiger partial charge in [-0.1, -0.05) is 18.0 Å². The maximum atomic E-state index is 10.1. The number of rotatable bonds is 6. The minimum absolute atomic E-state index is 0.314. The smallest absolute Gasteiger partial charge is 0.119 e. The van der Waals surface area contributed by atoms with Crippen LogP contribution in [0, 0.1) is 18.8 Å². The molecule has 0 aliphatic heterocycles. The highest BCUT2D eigenvalue weighted by atomic mass is 35.5. The maximum absolute atomic E-state index is 10.1. The third-order valence-electron chi connectivity index (χ3n) is 4.93. The van der Waals surface area contributed by atoms with Gasteiger partial charge in [0.1, 0.15) is 18.5 Å². The van der Waals surface area contributed by atoms with Crippen LogP contribution in [0.3, 0.4) is 0 Å². The highest BCUT2D eigenvalue weighted by Gasteiger charge is 2.39. The van der Waals surface area contributed by atoms with Crippen molar-refractivity contribution in [2.75, 3.05) is 13.2 Å². The van der Waals surface area contributed by atoms with Gasteiger partial charge in [0.25, 0.3) is 0 Å². The van der Waals surface area contributed by atoms with Crippen molar-refractivity contribution in [3.05, 3.63) is 28.8 Å². The number of ether oxygens (including phenoxy) is 1. The second kappa shape index (κ2) is 6.55. The van der Waals surface area contributed by atoms with Gasteiger partial charge in [0, 0.05) is 17.6 Å². The molecule has 21 heavy (non-hydrogen) atoms. The Morgan fingerprint density at radius 3 is 2.90 bits per heavy atom. The van der Waals surface area contributed by atoms with Crippen molar-refractivity contribution in [3.63, 3.8) is 0 Å². The van der Waals surface area contributed by atoms with Gasteiger partial charge >= 0.3 is 0 Å². The Bertz CT molecular complexity index is 494. The van der Waals surface area contributed by atoms with Crippen LogP contribution < -0.4 is 10.1 Å². The Labute approximate surface area is 131 Å². The Morgan fingerprint density at radius 1 is 1.38 bits per heavy atom. The minimum atomic E-state index is -0.472. The predicted octanol–water partition coefficient (Wildman–Crippen LogP) is 3.17. The molecule has 1 aromatic carbocycles. The van der Waals surface area contributed by atoms with Gasteiger partial charge < -0.3 is 15.2 Å². The Hall–Kier alpha value is -0.770. The van der Waals surface area contributed by atoms with E-state index in [1.807, 2.05) is 25.1 Å². The number of fused-ring (bicyclic) bond motifs is 2. The van der Waals surface area contributed by atoms with Crippen molar-refractivity contribution >= 4 is 11.6 Å². The van der Waals surface area contributed by atoms with Crippen LogP contribution >= 0.6 is 11.6 Å². The topological polar surface area (TPSA) is 41.5 Å². The molecule has 3 rings (SSSR count). The molecule has 116 valence electrons. The first-order valence-electron chi connectivity index (χ1n) is 7.92. The number of benzene rings is 1. The van der Waals surface area contributed by atoms with Crippen molar-refractivity contribution in [1.82, 2.24) is 5.32 Å². The SMILES string of the molecule is Cc1cc(OCC(O)CNC2CC3CCC2C3)ccc1Cl. The molecule has 3 nitrogen and oxygen atoms in total. The fraction of sp³-hybridized carbons (Fsp3) is 0.647. The average molecular weight is 310 g/mol. The van der Waals surface area contributed by atoms with Gasteiger partial charge in [-0.3, -0.25) is 0 Å². The summed E-state index contributed by atoms with van der Waals surface area (Å²) < 4.78 is 5.63. The number of aliphatic hydroxyl groups excluding tert-OH is 1. The van der Waals surface area contributed by atoms with Gasteiger partial charge in [0.05, 0.1) is 0 Å². The van der Waals surface area contributed by atoms with Crippen molar-refractivity contribution in [2.45, 2.75) is 44.8 Å². The zero-order chi connectivity index (χ0) is 14.8. The van der Waals surface area contributed by atoms with E-state index in [0.717, 1.165) is 28.2 Å². The number of halogens is 1. The number of nitrogens with one attached hydrogen (secondary N) is 1. The normalized spacial score (nSPS) is 28.8. The van der Waals surface area contributed by atoms with E-state index < -0.39 is 6.10 Å². The van der Waals surface area contributed by atoms with Crippen molar-refractivity contribution in [1.29, 1.82) is 0 Å². The van der Waals surface area contributed by atoms with Gasteiger partial charge in [-0.15, -0.1) is 0 Å². The van der Waals surface area contributed by atoms with Gasteiger partial charge in [-0.25, -0.2) is 0 Å². The summed E-state index contributed by atoms with van der Waals surface area (Å²) in [6.45, 7) is 2.87. The largest absolute Gasteiger partial charge is 0.491 e. The summed E-state index contributed by atoms with van der Waals surface area (Å²) in [6.07, 6.45) is 4.96. The van der Waals surface area contributed by atoms with E-state index in [4.69, 9.17) is 16.3 Å². The van der Waals surface area contributed by atoms with E-state index >= 15 is 0 Å². The van der Waals surface area contributed by atoms with Crippen LogP contribution in [0.15, 0.2) is 18.2 Å². The molecule has 0 aromatic heterocycles. The van der Waals surface area contributed by atoms with Crippen molar-refractivity contribution < 1.29 is 9.84 Å². The third-order valence-corrected chi connectivity index (χ3v) is 5.35. The van der Waals surface area contributed by atoms with E-state index in [2.05, 4.69) is 5.32 Å². The number of aliphatic hydroxyl groups is 1. The lowest BCUT2D eigenvalue weighted by atomic mass is 9.95. The summed E-state index contributed by atoms with van der Waals surface area (Å²) in [5.41, 5.74) is 0.990. The van der Waals surface area contributed by atoms with E-state index in [1.54, 1.807) is 0 Å². The van der Waals surface area contributed by atoms with Crippen LogP contribution in [0.5, 0.6) is 5.75 Å². The first-order chi connectivity index (χ1) is 10.1. The van der Waals surface area contributed by atoms with Crippen LogP contribution in [0.25, 0.3) is 0 Å². The summed E-state index contributed by atoms with van der Waals surface area (Å²) in [6, 6.07) is 6.17. The quantitative estimate of drug-likeness (QED) is 0.848. The number of aryl methyl sites for hydroxylation is 1. The Morgan fingerprint density at radius 2 is 2.24 bits per heavy atom. The highest BCUT2D eigenvalue weighted by Crippen LogP contribution is 2.44. The standard InChI is InChI=1S/C17H24ClNO2/c1-11-6-15(4-5-16(11)18)21-10-14(20)9-19-17-8-12-2-3-13(17)7-12/h4-6,12-14,17,19-20H,2-3,7-10H2,1H3. The summed E-state index contributed by atoms with van der Waals surface area (Å²) in [7, 11) is 0. The lowest BCUT2D eigenvalue weighted by Gasteiger charge is -2.24. The Balaban J connectivity index is 1.40. The molecule has 0 amide bonds. The molecule has 0 spiro atoms. The second-order valence-corrected chi connectivity index (χ2v) is 6.97. The molecule has 0 heterocycles. The summed E-state index contributed by atoms with van der Waals surface area (Å²) in [4.78, 5) is 0. The molecular weight excluding hydrogens is 286 g/mol. The van der Waals surface area contributed by atoms with Crippen molar-refractivity contribution in [3.8, 4) is 5.75 Å². The first-order valence-corrected chi connectivity index (χ1v) is 8.30. The van der Waals surface area contributed by atoms with Crippen molar-refractivity contribution in [2.24, 2.45) is 11.8 Å². The molecule has 2 bridgehead atoms. The maximum Gasteiger partial charge on any atom is 0.119 e. The molecule has 0 radical (unpaired) electrons. The van der Waals surface area contributed by atoms with E-state index in [1.165, 1.54) is 25.7 Å². The van der Waals surface area contributed by atoms with Crippen LogP contribution in [-0.2, 0) is 0 Å². The van der Waals surface area contributed by atoms with Crippen LogP contribution in [0.1, 0.15) is 31.2 Å². The van der Waals surface area contributed by atoms with E-state index in [-0.39, 0.29) is 0 Å². The molecule has 4 atom stereocenters. The fourth-order valence-electron chi connectivity index (χ4n) is 3.74. The molecule has 2 saturated carbocycles. The third kappa shape index (κ3) is 3.71. The van der Waals surface area contributed by atoms with Gasteiger partial charge in [-0.2, -0.15) is 0 Å². The molecule has 2 fully saturated rings. The molecule has 2 aliphatic rings. The second-order valence-electron chi connectivity index (χ2n) is 6.57. The van der Waals surface area contributed by atoms with E-state index in [9.17, 15) is 5.11 Å². The number of hydrogen-bond acceptors (Lipinski definition) is 3. The lowest BCUT2D eigenvalue weighted by molar-refractivity contribution is 0.101. The molecule has 4 heteroatoms. The molecule has 2 aliphatic carbocycles. The predicted molar refractivity (Wildman–Crippen MR) is 84.9 cm³/mol. The summed E-state index contributed by atoms with van der Waals surface area (Å²) >= 11 is 5.98. The monoisotopic (exact) mass is 309 g/mol. The van der Waals surface area contributed by atoms with Crippen LogP contribution in [0.2, 0.25) is 5.02 Å². The molecule has 4 unspecified atom stereocenters. The molecule has 0 saturated heterocycles.